The average Bonchev–Trinajstić information content (AvgIpc) is 3.08. The topological polar surface area (TPSA) is 77.1 Å². The Hall–Kier alpha value is -2.08. The number of methoxy groups -OCH3 is 2. The molecule has 1 aliphatic heterocycles. The summed E-state index contributed by atoms with van der Waals surface area (Å²) in [5.41, 5.74) is -0.0436. The first-order chi connectivity index (χ1) is 12.4. The third kappa shape index (κ3) is 5.46. The lowest BCUT2D eigenvalue weighted by atomic mass is 10.1. The molecule has 1 saturated heterocycles. The molecule has 0 radical (unpaired) electrons. The highest BCUT2D eigenvalue weighted by Crippen LogP contribution is 2.27. The number of ether oxygens (including phenoxy) is 3. The Morgan fingerprint density at radius 3 is 2.65 bits per heavy atom. The number of anilines is 1. The zero-order chi connectivity index (χ0) is 19.2. The molecule has 1 aromatic heterocycles. The number of nitrogens with one attached hydrogen (secondary N) is 1. The zero-order valence-corrected chi connectivity index (χ0v) is 16.3. The largest absolute Gasteiger partial charge is 0.465 e. The summed E-state index contributed by atoms with van der Waals surface area (Å²) in [7, 11) is 2.91. The van der Waals surface area contributed by atoms with Crippen molar-refractivity contribution in [3.63, 3.8) is 0 Å². The third-order valence-corrected chi connectivity index (χ3v) is 4.92. The summed E-state index contributed by atoms with van der Waals surface area (Å²) in [6.45, 7) is 6.06. The highest BCUT2D eigenvalue weighted by molar-refractivity contribution is 7.15. The summed E-state index contributed by atoms with van der Waals surface area (Å²) in [6.07, 6.45) is 0. The van der Waals surface area contributed by atoms with Crippen molar-refractivity contribution in [1.29, 1.82) is 0 Å². The van der Waals surface area contributed by atoms with Gasteiger partial charge in [-0.2, -0.15) is 0 Å². The molecule has 1 fully saturated rings. The van der Waals surface area contributed by atoms with Gasteiger partial charge in [-0.25, -0.2) is 4.79 Å². The van der Waals surface area contributed by atoms with Crippen LogP contribution in [0.5, 0.6) is 0 Å². The SMILES string of the molecule is COC(=O)c1sc(C#CC(C)(C)OC)cc1NCC(=O)N1CCOCC1. The molecule has 7 nitrogen and oxygen atoms in total. The van der Waals surface area contributed by atoms with Crippen LogP contribution in [0.25, 0.3) is 0 Å². The quantitative estimate of drug-likeness (QED) is 0.617. The first-order valence-corrected chi connectivity index (χ1v) is 9.08. The van der Waals surface area contributed by atoms with Gasteiger partial charge in [0.2, 0.25) is 5.91 Å². The minimum Gasteiger partial charge on any atom is -0.465 e. The maximum atomic E-state index is 12.3. The maximum absolute atomic E-state index is 12.3. The molecular formula is C18H24N2O5S. The molecule has 0 spiro atoms. The molecule has 1 amide bonds. The second-order valence-corrected chi connectivity index (χ2v) is 7.21. The Bertz CT molecular complexity index is 711. The summed E-state index contributed by atoms with van der Waals surface area (Å²) >= 11 is 1.22. The number of morpholine rings is 1. The monoisotopic (exact) mass is 380 g/mol. The molecule has 1 aliphatic rings. The maximum Gasteiger partial charge on any atom is 0.350 e. The second kappa shape index (κ2) is 9.03. The number of hydrogen-bond acceptors (Lipinski definition) is 7. The van der Waals surface area contributed by atoms with E-state index in [2.05, 4.69) is 17.2 Å². The molecule has 0 aliphatic carbocycles. The minimum absolute atomic E-state index is 0.0385. The number of nitrogens with zero attached hydrogens (tertiary/aromatic N) is 1. The number of thiophene rings is 1. The molecule has 0 atom stereocenters. The smallest absolute Gasteiger partial charge is 0.350 e. The predicted molar refractivity (Wildman–Crippen MR) is 99.5 cm³/mol. The van der Waals surface area contributed by atoms with Crippen LogP contribution in [0, 0.1) is 11.8 Å². The molecule has 26 heavy (non-hydrogen) atoms. The van der Waals surface area contributed by atoms with E-state index in [1.807, 2.05) is 13.8 Å². The van der Waals surface area contributed by atoms with Crippen molar-refractivity contribution in [3.8, 4) is 11.8 Å². The summed E-state index contributed by atoms with van der Waals surface area (Å²) < 4.78 is 15.3. The molecule has 0 bridgehead atoms. The highest BCUT2D eigenvalue weighted by atomic mass is 32.1. The van der Waals surface area contributed by atoms with E-state index < -0.39 is 11.6 Å². The van der Waals surface area contributed by atoms with Crippen molar-refractivity contribution in [1.82, 2.24) is 4.90 Å². The van der Waals surface area contributed by atoms with Gasteiger partial charge in [0.1, 0.15) is 10.5 Å². The molecule has 1 aromatic rings. The van der Waals surface area contributed by atoms with Crippen LogP contribution in [0.2, 0.25) is 0 Å². The molecule has 0 saturated carbocycles. The van der Waals surface area contributed by atoms with Gasteiger partial charge >= 0.3 is 5.97 Å². The van der Waals surface area contributed by atoms with E-state index in [4.69, 9.17) is 14.2 Å². The van der Waals surface area contributed by atoms with E-state index in [1.54, 1.807) is 18.1 Å². The van der Waals surface area contributed by atoms with Crippen molar-refractivity contribution in [3.05, 3.63) is 15.8 Å². The molecule has 2 heterocycles. The van der Waals surface area contributed by atoms with Gasteiger partial charge in [0.05, 0.1) is 37.4 Å². The van der Waals surface area contributed by atoms with E-state index in [1.165, 1.54) is 18.4 Å². The number of amides is 1. The third-order valence-electron chi connectivity index (χ3n) is 3.89. The van der Waals surface area contributed by atoms with Crippen molar-refractivity contribution in [2.24, 2.45) is 0 Å². The summed E-state index contributed by atoms with van der Waals surface area (Å²) in [5.74, 6) is 5.52. The van der Waals surface area contributed by atoms with Crippen LogP contribution in [-0.4, -0.2) is 69.4 Å². The van der Waals surface area contributed by atoms with Crippen molar-refractivity contribution in [2.75, 3.05) is 52.4 Å². The molecule has 0 aromatic carbocycles. The van der Waals surface area contributed by atoms with Crippen LogP contribution in [-0.2, 0) is 19.0 Å². The summed E-state index contributed by atoms with van der Waals surface area (Å²) in [5, 5.41) is 3.04. The Balaban J connectivity index is 2.12. The van der Waals surface area contributed by atoms with Crippen LogP contribution in [0.15, 0.2) is 6.07 Å². The molecule has 142 valence electrons. The number of hydrogen-bond donors (Lipinski definition) is 1. The van der Waals surface area contributed by atoms with Crippen LogP contribution in [0.4, 0.5) is 5.69 Å². The van der Waals surface area contributed by atoms with Crippen molar-refractivity contribution < 1.29 is 23.8 Å². The summed E-state index contributed by atoms with van der Waals surface area (Å²) in [6, 6.07) is 1.75. The Morgan fingerprint density at radius 1 is 1.35 bits per heavy atom. The number of esters is 1. The van der Waals surface area contributed by atoms with Gasteiger partial charge in [0.15, 0.2) is 0 Å². The Kier molecular flexibility index (Phi) is 7.03. The molecule has 2 rings (SSSR count). The van der Waals surface area contributed by atoms with E-state index in [-0.39, 0.29) is 12.5 Å². The van der Waals surface area contributed by atoms with Crippen LogP contribution in [0.1, 0.15) is 28.4 Å². The van der Waals surface area contributed by atoms with Gasteiger partial charge in [-0.05, 0) is 19.9 Å². The first-order valence-electron chi connectivity index (χ1n) is 8.26. The van der Waals surface area contributed by atoms with E-state index >= 15 is 0 Å². The zero-order valence-electron chi connectivity index (χ0n) is 15.5. The first kappa shape index (κ1) is 20.2. The van der Waals surface area contributed by atoms with E-state index in [0.29, 0.717) is 41.7 Å². The molecule has 1 N–H and O–H groups in total. The van der Waals surface area contributed by atoms with E-state index in [9.17, 15) is 9.59 Å². The van der Waals surface area contributed by atoms with Crippen molar-refractivity contribution in [2.45, 2.75) is 19.4 Å². The number of carbonyl (C=O) groups is 2. The lowest BCUT2D eigenvalue weighted by Crippen LogP contribution is -2.43. The fraction of sp³-hybridized carbons (Fsp3) is 0.556. The molecule has 8 heteroatoms. The lowest BCUT2D eigenvalue weighted by Gasteiger charge is -2.27. The Labute approximate surface area is 157 Å². The fourth-order valence-corrected chi connectivity index (χ4v) is 3.09. The number of carbonyl (C=O) groups excluding carboxylic acids is 2. The average molecular weight is 380 g/mol. The Morgan fingerprint density at radius 2 is 2.04 bits per heavy atom. The van der Waals surface area contributed by atoms with Gasteiger partial charge in [-0.1, -0.05) is 11.8 Å². The van der Waals surface area contributed by atoms with Crippen LogP contribution in [0.3, 0.4) is 0 Å². The van der Waals surface area contributed by atoms with Gasteiger partial charge < -0.3 is 24.4 Å². The normalized spacial score (nSPS) is 14.4. The molecule has 0 unspecified atom stereocenters. The van der Waals surface area contributed by atoms with Gasteiger partial charge in [-0.15, -0.1) is 11.3 Å². The van der Waals surface area contributed by atoms with Crippen molar-refractivity contribution >= 4 is 28.9 Å². The minimum atomic E-state index is -0.588. The van der Waals surface area contributed by atoms with Crippen LogP contribution >= 0.6 is 11.3 Å². The number of rotatable bonds is 5. The van der Waals surface area contributed by atoms with Gasteiger partial charge in [0.25, 0.3) is 0 Å². The van der Waals surface area contributed by atoms with Crippen LogP contribution < -0.4 is 5.32 Å². The summed E-state index contributed by atoms with van der Waals surface area (Å²) in [4.78, 5) is 27.1. The molecular weight excluding hydrogens is 356 g/mol. The predicted octanol–water partition coefficient (Wildman–Crippen LogP) is 1.58. The van der Waals surface area contributed by atoms with Gasteiger partial charge in [0, 0.05) is 20.2 Å². The van der Waals surface area contributed by atoms with E-state index in [0.717, 1.165) is 0 Å². The second-order valence-electron chi connectivity index (χ2n) is 6.16. The standard InChI is InChI=1S/C18H24N2O5S/c1-18(2,24-4)6-5-13-11-14(16(26-13)17(22)23-3)19-12-15(21)20-7-9-25-10-8-20/h11,19H,7-10,12H2,1-4H3. The highest BCUT2D eigenvalue weighted by Gasteiger charge is 2.20. The van der Waals surface area contributed by atoms with Gasteiger partial charge in [-0.3, -0.25) is 4.79 Å². The fourth-order valence-electron chi connectivity index (χ4n) is 2.19. The lowest BCUT2D eigenvalue weighted by molar-refractivity contribution is -0.133.